The van der Waals surface area contributed by atoms with Crippen molar-refractivity contribution in [1.82, 2.24) is 4.98 Å². The van der Waals surface area contributed by atoms with Gasteiger partial charge in [-0.3, -0.25) is 9.19 Å². The predicted molar refractivity (Wildman–Crippen MR) is 87.7 cm³/mol. The molecule has 0 N–H and O–H groups in total. The van der Waals surface area contributed by atoms with Crippen molar-refractivity contribution in [3.8, 4) is 0 Å². The summed E-state index contributed by atoms with van der Waals surface area (Å²) in [6, 6.07) is 10.5. The Balaban J connectivity index is 1.68. The second kappa shape index (κ2) is 5.38. The first kappa shape index (κ1) is 13.2. The van der Waals surface area contributed by atoms with Crippen molar-refractivity contribution >= 4 is 21.7 Å². The first-order chi connectivity index (χ1) is 10.3. The third kappa shape index (κ3) is 2.44. The SMILES string of the molecule is O=S1C2C=C(Cc3cccc4cccnc34)CC1CCC2. The van der Waals surface area contributed by atoms with Crippen LogP contribution in [0.4, 0.5) is 0 Å². The van der Waals surface area contributed by atoms with E-state index in [0.717, 1.165) is 31.2 Å². The molecule has 2 aliphatic rings. The molecule has 1 aromatic heterocycles. The molecule has 0 saturated carbocycles. The highest BCUT2D eigenvalue weighted by atomic mass is 32.2. The van der Waals surface area contributed by atoms with Gasteiger partial charge in [-0.05, 0) is 37.3 Å². The van der Waals surface area contributed by atoms with Crippen molar-refractivity contribution in [2.45, 2.75) is 42.6 Å². The largest absolute Gasteiger partial charge is 0.259 e. The molecule has 1 fully saturated rings. The first-order valence-corrected chi connectivity index (χ1v) is 9.00. The lowest BCUT2D eigenvalue weighted by Gasteiger charge is -2.32. The van der Waals surface area contributed by atoms with Crippen LogP contribution < -0.4 is 0 Å². The number of rotatable bonds is 2. The quantitative estimate of drug-likeness (QED) is 0.790. The average molecular weight is 297 g/mol. The summed E-state index contributed by atoms with van der Waals surface area (Å²) >= 11 is 0. The summed E-state index contributed by atoms with van der Waals surface area (Å²) in [6.07, 6.45) is 9.60. The number of allylic oxidation sites excluding steroid dienone is 1. The van der Waals surface area contributed by atoms with Crippen LogP contribution in [0.1, 0.15) is 31.2 Å². The summed E-state index contributed by atoms with van der Waals surface area (Å²) in [5.41, 5.74) is 3.87. The minimum atomic E-state index is -0.634. The van der Waals surface area contributed by atoms with Gasteiger partial charge >= 0.3 is 0 Å². The van der Waals surface area contributed by atoms with Gasteiger partial charge in [0.05, 0.1) is 10.8 Å². The smallest absolute Gasteiger partial charge is 0.0737 e. The minimum absolute atomic E-state index is 0.301. The molecule has 2 nitrogen and oxygen atoms in total. The number of hydrogen-bond donors (Lipinski definition) is 0. The van der Waals surface area contributed by atoms with Crippen LogP contribution in [0.2, 0.25) is 0 Å². The van der Waals surface area contributed by atoms with Gasteiger partial charge in [0.25, 0.3) is 0 Å². The molecule has 3 heterocycles. The molecule has 0 aliphatic carbocycles. The number of nitrogens with zero attached hydrogens (tertiary/aromatic N) is 1. The number of benzene rings is 1. The normalized spacial score (nSPS) is 28.4. The van der Waals surface area contributed by atoms with Crippen molar-refractivity contribution < 1.29 is 4.21 Å². The number of pyridine rings is 1. The molecule has 0 radical (unpaired) electrons. The van der Waals surface area contributed by atoms with Crippen molar-refractivity contribution in [3.05, 3.63) is 53.7 Å². The number of para-hydroxylation sites is 1. The summed E-state index contributed by atoms with van der Waals surface area (Å²) in [5, 5.41) is 1.90. The van der Waals surface area contributed by atoms with Gasteiger partial charge in [0.15, 0.2) is 0 Å². The average Bonchev–Trinajstić information content (AvgIpc) is 2.49. The third-order valence-electron chi connectivity index (χ3n) is 4.69. The number of fused-ring (bicyclic) bond motifs is 3. The van der Waals surface area contributed by atoms with Gasteiger partial charge < -0.3 is 0 Å². The van der Waals surface area contributed by atoms with Crippen molar-refractivity contribution in [3.63, 3.8) is 0 Å². The number of hydrogen-bond acceptors (Lipinski definition) is 2. The topological polar surface area (TPSA) is 30.0 Å². The summed E-state index contributed by atoms with van der Waals surface area (Å²) < 4.78 is 12.3. The highest BCUT2D eigenvalue weighted by Crippen LogP contribution is 2.34. The maximum atomic E-state index is 12.3. The van der Waals surface area contributed by atoms with Gasteiger partial charge in [-0.25, -0.2) is 0 Å². The lowest BCUT2D eigenvalue weighted by molar-refractivity contribution is 0.563. The van der Waals surface area contributed by atoms with Gasteiger partial charge in [-0.15, -0.1) is 0 Å². The van der Waals surface area contributed by atoms with Crippen molar-refractivity contribution in [1.29, 1.82) is 0 Å². The Kier molecular flexibility index (Phi) is 3.38. The molecular weight excluding hydrogens is 278 g/mol. The van der Waals surface area contributed by atoms with E-state index < -0.39 is 10.8 Å². The van der Waals surface area contributed by atoms with Crippen LogP contribution in [0.15, 0.2) is 48.2 Å². The van der Waals surface area contributed by atoms with Crippen LogP contribution >= 0.6 is 0 Å². The molecule has 1 saturated heterocycles. The lowest BCUT2D eigenvalue weighted by Crippen LogP contribution is -2.34. The third-order valence-corrected chi connectivity index (χ3v) is 6.71. The van der Waals surface area contributed by atoms with Crippen LogP contribution in [0, 0.1) is 0 Å². The standard InChI is InChI=1S/C18H19NOS/c20-21-16-7-2-8-17(21)12-13(11-16)10-15-5-1-4-14-6-3-9-19-18(14)15/h1,3-6,9,11,16-17H,2,7-8,10,12H2. The molecule has 2 bridgehead atoms. The van der Waals surface area contributed by atoms with E-state index in [2.05, 4.69) is 35.3 Å². The Labute approximate surface area is 127 Å². The van der Waals surface area contributed by atoms with Gasteiger partial charge in [-0.1, -0.05) is 42.3 Å². The second-order valence-corrected chi connectivity index (χ2v) is 8.05. The van der Waals surface area contributed by atoms with Gasteiger partial charge in [-0.2, -0.15) is 0 Å². The molecule has 1 aromatic carbocycles. The summed E-state index contributed by atoms with van der Waals surface area (Å²) in [7, 11) is -0.634. The molecule has 2 aromatic rings. The molecule has 3 heteroatoms. The Bertz CT molecular complexity index is 732. The molecular formula is C18H19NOS. The highest BCUT2D eigenvalue weighted by Gasteiger charge is 2.33. The Morgan fingerprint density at radius 3 is 3.00 bits per heavy atom. The van der Waals surface area contributed by atoms with Crippen LogP contribution in [-0.4, -0.2) is 19.7 Å². The van der Waals surface area contributed by atoms with E-state index in [1.165, 1.54) is 22.9 Å². The van der Waals surface area contributed by atoms with Crippen molar-refractivity contribution in [2.75, 3.05) is 0 Å². The predicted octanol–water partition coefficient (Wildman–Crippen LogP) is 3.78. The minimum Gasteiger partial charge on any atom is -0.259 e. The molecule has 108 valence electrons. The van der Waals surface area contributed by atoms with Crippen LogP contribution in [-0.2, 0) is 17.2 Å². The van der Waals surface area contributed by atoms with Gasteiger partial charge in [0, 0.05) is 27.6 Å². The van der Waals surface area contributed by atoms with E-state index in [0.29, 0.717) is 10.5 Å². The molecule has 2 aliphatic heterocycles. The maximum absolute atomic E-state index is 12.3. The molecule has 3 unspecified atom stereocenters. The molecule has 4 rings (SSSR count). The zero-order valence-electron chi connectivity index (χ0n) is 12.0. The fraction of sp³-hybridized carbons (Fsp3) is 0.389. The van der Waals surface area contributed by atoms with Gasteiger partial charge in [0.1, 0.15) is 0 Å². The molecule has 0 amide bonds. The Morgan fingerprint density at radius 2 is 2.10 bits per heavy atom. The molecule has 21 heavy (non-hydrogen) atoms. The zero-order valence-corrected chi connectivity index (χ0v) is 12.8. The van der Waals surface area contributed by atoms with E-state index in [-0.39, 0.29) is 0 Å². The van der Waals surface area contributed by atoms with E-state index in [4.69, 9.17) is 0 Å². The Morgan fingerprint density at radius 1 is 1.19 bits per heavy atom. The first-order valence-electron chi connectivity index (χ1n) is 7.73. The van der Waals surface area contributed by atoms with Crippen LogP contribution in [0.25, 0.3) is 10.9 Å². The zero-order chi connectivity index (χ0) is 14.2. The Hall–Kier alpha value is -1.48. The second-order valence-electron chi connectivity index (χ2n) is 6.12. The fourth-order valence-electron chi connectivity index (χ4n) is 3.67. The van der Waals surface area contributed by atoms with Crippen LogP contribution in [0.5, 0.6) is 0 Å². The lowest BCUT2D eigenvalue weighted by atomic mass is 9.93. The monoisotopic (exact) mass is 297 g/mol. The highest BCUT2D eigenvalue weighted by molar-refractivity contribution is 7.86. The summed E-state index contributed by atoms with van der Waals surface area (Å²) in [4.78, 5) is 4.55. The van der Waals surface area contributed by atoms with Crippen molar-refractivity contribution in [2.24, 2.45) is 0 Å². The molecule has 3 atom stereocenters. The van der Waals surface area contributed by atoms with Crippen LogP contribution in [0.3, 0.4) is 0 Å². The van der Waals surface area contributed by atoms with E-state index in [9.17, 15) is 4.21 Å². The van der Waals surface area contributed by atoms with E-state index in [1.54, 1.807) is 0 Å². The fourth-order valence-corrected chi connectivity index (χ4v) is 5.67. The van der Waals surface area contributed by atoms with E-state index in [1.807, 2.05) is 12.3 Å². The van der Waals surface area contributed by atoms with Gasteiger partial charge in [0.2, 0.25) is 0 Å². The van der Waals surface area contributed by atoms with E-state index >= 15 is 0 Å². The molecule has 0 spiro atoms. The summed E-state index contributed by atoms with van der Waals surface area (Å²) in [6.45, 7) is 0. The maximum Gasteiger partial charge on any atom is 0.0737 e. The number of aromatic nitrogens is 1. The summed E-state index contributed by atoms with van der Waals surface area (Å²) in [5.74, 6) is 0.